The lowest BCUT2D eigenvalue weighted by Crippen LogP contribution is -2.30. The number of hydrogen-bond acceptors (Lipinski definition) is 6. The van der Waals surface area contributed by atoms with Crippen LogP contribution in [0.4, 0.5) is 0 Å². The third kappa shape index (κ3) is 5.85. The van der Waals surface area contributed by atoms with Crippen LogP contribution < -0.4 is 4.74 Å². The van der Waals surface area contributed by atoms with E-state index in [1.165, 1.54) is 16.7 Å². The Bertz CT molecular complexity index is 698. The number of nitrogens with zero attached hydrogens (tertiary/aromatic N) is 1. The van der Waals surface area contributed by atoms with Gasteiger partial charge < -0.3 is 9.47 Å². The van der Waals surface area contributed by atoms with Gasteiger partial charge in [-0.25, -0.2) is 0 Å². The van der Waals surface area contributed by atoms with E-state index in [4.69, 9.17) is 21.7 Å². The van der Waals surface area contributed by atoms with Crippen molar-refractivity contribution in [2.24, 2.45) is 0 Å². The van der Waals surface area contributed by atoms with Gasteiger partial charge in [-0.3, -0.25) is 14.5 Å². The second-order valence-corrected chi connectivity index (χ2v) is 7.72. The molecular formula is C19H23NO4S2. The van der Waals surface area contributed by atoms with Crippen LogP contribution in [0.1, 0.15) is 39.2 Å². The van der Waals surface area contributed by atoms with Crippen LogP contribution in [0.25, 0.3) is 6.08 Å². The van der Waals surface area contributed by atoms with Crippen LogP contribution >= 0.6 is 24.0 Å². The molecule has 0 aliphatic carbocycles. The Morgan fingerprint density at radius 1 is 1.31 bits per heavy atom. The second-order valence-electron chi connectivity index (χ2n) is 6.04. The molecule has 140 valence electrons. The van der Waals surface area contributed by atoms with E-state index in [1.54, 1.807) is 6.08 Å². The molecule has 0 spiro atoms. The number of thioether (sulfide) groups is 1. The number of esters is 1. The summed E-state index contributed by atoms with van der Waals surface area (Å²) in [4.78, 5) is 26.2. The number of amides is 1. The van der Waals surface area contributed by atoms with Crippen LogP contribution in [0, 0.1) is 0 Å². The van der Waals surface area contributed by atoms with E-state index in [1.807, 2.05) is 45.0 Å². The quantitative estimate of drug-likeness (QED) is 0.378. The number of carbonyl (C=O) groups is 2. The molecule has 5 nitrogen and oxygen atoms in total. The van der Waals surface area contributed by atoms with E-state index < -0.39 is 0 Å². The molecule has 1 aliphatic heterocycles. The molecule has 0 unspecified atom stereocenters. The zero-order chi connectivity index (χ0) is 19.1. The number of thiocarbonyl (C=S) groups is 1. The number of ether oxygens (including phenoxy) is 2. The molecular weight excluding hydrogens is 370 g/mol. The van der Waals surface area contributed by atoms with Crippen molar-refractivity contribution in [3.63, 3.8) is 0 Å². The molecule has 1 saturated heterocycles. The molecule has 1 aromatic rings. The minimum Gasteiger partial charge on any atom is -0.491 e. The summed E-state index contributed by atoms with van der Waals surface area (Å²) in [6.07, 6.45) is 2.83. The molecule has 1 aliphatic rings. The second kappa shape index (κ2) is 9.73. The molecule has 1 heterocycles. The maximum Gasteiger partial charge on any atom is 0.307 e. The van der Waals surface area contributed by atoms with Crippen LogP contribution in [-0.2, 0) is 14.3 Å². The van der Waals surface area contributed by atoms with Crippen molar-refractivity contribution in [2.45, 2.75) is 39.7 Å². The van der Waals surface area contributed by atoms with Gasteiger partial charge in [-0.05, 0) is 44.0 Å². The van der Waals surface area contributed by atoms with Gasteiger partial charge >= 0.3 is 5.97 Å². The predicted molar refractivity (Wildman–Crippen MR) is 108 cm³/mol. The molecule has 1 fully saturated rings. The van der Waals surface area contributed by atoms with Crippen molar-refractivity contribution in [2.75, 3.05) is 13.2 Å². The molecule has 1 amide bonds. The zero-order valence-electron chi connectivity index (χ0n) is 15.2. The zero-order valence-corrected chi connectivity index (χ0v) is 16.8. The highest BCUT2D eigenvalue weighted by Gasteiger charge is 2.32. The van der Waals surface area contributed by atoms with Crippen molar-refractivity contribution in [1.82, 2.24) is 4.90 Å². The van der Waals surface area contributed by atoms with E-state index in [0.29, 0.717) is 15.8 Å². The van der Waals surface area contributed by atoms with Crippen LogP contribution in [-0.4, -0.2) is 40.4 Å². The Kier molecular flexibility index (Phi) is 7.66. The molecule has 0 atom stereocenters. The highest BCUT2D eigenvalue weighted by molar-refractivity contribution is 8.26. The third-order valence-electron chi connectivity index (χ3n) is 3.43. The van der Waals surface area contributed by atoms with E-state index in [-0.39, 0.29) is 30.9 Å². The minimum atomic E-state index is -0.314. The van der Waals surface area contributed by atoms with E-state index in [0.717, 1.165) is 17.7 Å². The maximum absolute atomic E-state index is 12.5. The molecule has 0 bridgehead atoms. The molecule has 26 heavy (non-hydrogen) atoms. The van der Waals surface area contributed by atoms with Crippen LogP contribution in [0.3, 0.4) is 0 Å². The summed E-state index contributed by atoms with van der Waals surface area (Å²) < 4.78 is 11.1. The smallest absolute Gasteiger partial charge is 0.307 e. The third-order valence-corrected chi connectivity index (χ3v) is 4.81. The summed E-state index contributed by atoms with van der Waals surface area (Å²) in [7, 11) is 0. The fraction of sp³-hybridized carbons (Fsp3) is 0.421. The van der Waals surface area contributed by atoms with Gasteiger partial charge in [0.15, 0.2) is 0 Å². The summed E-state index contributed by atoms with van der Waals surface area (Å²) in [5, 5.41) is 0. The Balaban J connectivity index is 1.98. The van der Waals surface area contributed by atoms with E-state index in [2.05, 4.69) is 0 Å². The summed E-state index contributed by atoms with van der Waals surface area (Å²) >= 11 is 6.52. The average Bonchev–Trinajstić information content (AvgIpc) is 2.86. The van der Waals surface area contributed by atoms with Crippen LogP contribution in [0.2, 0.25) is 0 Å². The summed E-state index contributed by atoms with van der Waals surface area (Å²) in [6.45, 7) is 6.51. The SMILES string of the molecule is CCCOC(=O)CCN1C(=O)/C(=C/c2ccc(OC(C)C)cc2)SC1=S. The normalized spacial score (nSPS) is 15.8. The van der Waals surface area contributed by atoms with Gasteiger partial charge in [-0.2, -0.15) is 0 Å². The largest absolute Gasteiger partial charge is 0.491 e. The first-order chi connectivity index (χ1) is 12.4. The number of benzene rings is 1. The van der Waals surface area contributed by atoms with E-state index in [9.17, 15) is 9.59 Å². The van der Waals surface area contributed by atoms with Crippen molar-refractivity contribution in [3.05, 3.63) is 34.7 Å². The summed E-state index contributed by atoms with van der Waals surface area (Å²) in [6, 6.07) is 7.53. The van der Waals surface area contributed by atoms with Gasteiger partial charge in [0.05, 0.1) is 24.0 Å². The van der Waals surface area contributed by atoms with Crippen LogP contribution in [0.5, 0.6) is 5.75 Å². The van der Waals surface area contributed by atoms with Crippen molar-refractivity contribution in [3.8, 4) is 5.75 Å². The molecule has 7 heteroatoms. The first-order valence-corrected chi connectivity index (χ1v) is 9.81. The monoisotopic (exact) mass is 393 g/mol. The first kappa shape index (κ1) is 20.5. The Labute approximate surface area is 163 Å². The Hall–Kier alpha value is -1.86. The van der Waals surface area contributed by atoms with Gasteiger partial charge in [0.1, 0.15) is 10.1 Å². The lowest BCUT2D eigenvalue weighted by Gasteiger charge is -2.13. The molecule has 0 saturated carbocycles. The lowest BCUT2D eigenvalue weighted by atomic mass is 10.2. The average molecular weight is 394 g/mol. The van der Waals surface area contributed by atoms with Gasteiger partial charge in [0, 0.05) is 6.54 Å². The Morgan fingerprint density at radius 3 is 2.62 bits per heavy atom. The fourth-order valence-corrected chi connectivity index (χ4v) is 3.56. The van der Waals surface area contributed by atoms with Gasteiger partial charge in [0.2, 0.25) is 0 Å². The highest BCUT2D eigenvalue weighted by atomic mass is 32.2. The van der Waals surface area contributed by atoms with Gasteiger partial charge in [-0.1, -0.05) is 43.0 Å². The number of carbonyl (C=O) groups excluding carboxylic acids is 2. The molecule has 0 N–H and O–H groups in total. The standard InChI is InChI=1S/C19H23NO4S2/c1-4-11-23-17(21)9-10-20-18(22)16(26-19(20)25)12-14-5-7-15(8-6-14)24-13(2)3/h5-8,12-13H,4,9-11H2,1-3H3/b16-12-. The molecule has 1 aromatic carbocycles. The van der Waals surface area contributed by atoms with Crippen molar-refractivity contribution >= 4 is 46.3 Å². The summed E-state index contributed by atoms with van der Waals surface area (Å²) in [5.41, 5.74) is 0.893. The molecule has 0 aromatic heterocycles. The van der Waals surface area contributed by atoms with Crippen molar-refractivity contribution < 1.29 is 19.1 Å². The fourth-order valence-electron chi connectivity index (χ4n) is 2.25. The van der Waals surface area contributed by atoms with Gasteiger partial charge in [-0.15, -0.1) is 0 Å². The highest BCUT2D eigenvalue weighted by Crippen LogP contribution is 2.32. The summed E-state index contributed by atoms with van der Waals surface area (Å²) in [5.74, 6) is 0.298. The Morgan fingerprint density at radius 2 is 2.00 bits per heavy atom. The molecule has 2 rings (SSSR count). The predicted octanol–water partition coefficient (Wildman–Crippen LogP) is 4.02. The first-order valence-electron chi connectivity index (χ1n) is 8.58. The number of rotatable bonds is 8. The van der Waals surface area contributed by atoms with Crippen molar-refractivity contribution in [1.29, 1.82) is 0 Å². The number of hydrogen-bond donors (Lipinski definition) is 0. The maximum atomic E-state index is 12.5. The minimum absolute atomic E-state index is 0.112. The van der Waals surface area contributed by atoms with Gasteiger partial charge in [0.25, 0.3) is 5.91 Å². The lowest BCUT2D eigenvalue weighted by molar-refractivity contribution is -0.143. The molecule has 0 radical (unpaired) electrons. The topological polar surface area (TPSA) is 55.8 Å². The van der Waals surface area contributed by atoms with E-state index >= 15 is 0 Å². The van der Waals surface area contributed by atoms with Crippen LogP contribution in [0.15, 0.2) is 29.2 Å².